The highest BCUT2D eigenvalue weighted by Gasteiger charge is 2.20. The predicted octanol–water partition coefficient (Wildman–Crippen LogP) is 3.21. The second-order valence-electron chi connectivity index (χ2n) is 6.23. The van der Waals surface area contributed by atoms with E-state index in [9.17, 15) is 9.59 Å². The zero-order valence-electron chi connectivity index (χ0n) is 13.4. The Balaban J connectivity index is 2.60. The van der Waals surface area contributed by atoms with Gasteiger partial charge in [0.05, 0.1) is 0 Å². The predicted molar refractivity (Wildman–Crippen MR) is 86.8 cm³/mol. The third-order valence-corrected chi connectivity index (χ3v) is 3.32. The van der Waals surface area contributed by atoms with Crippen LogP contribution in [0.25, 0.3) is 6.08 Å². The van der Waals surface area contributed by atoms with Crippen LogP contribution in [0.5, 0.6) is 0 Å². The summed E-state index contributed by atoms with van der Waals surface area (Å²) in [4.78, 5) is 22.7. The number of carbonyl (C=O) groups is 2. The van der Waals surface area contributed by atoms with Crippen LogP contribution in [-0.4, -0.2) is 17.9 Å². The van der Waals surface area contributed by atoms with E-state index in [0.717, 1.165) is 11.3 Å². The minimum atomic E-state index is -0.108. The first kappa shape index (κ1) is 17.0. The Morgan fingerprint density at radius 2 is 1.71 bits per heavy atom. The van der Waals surface area contributed by atoms with E-state index in [4.69, 9.17) is 0 Å². The average molecular weight is 288 g/mol. The minimum Gasteiger partial charge on any atom is -0.350 e. The molecule has 0 radical (unpaired) electrons. The van der Waals surface area contributed by atoms with Crippen molar-refractivity contribution in [3.05, 3.63) is 35.9 Å². The third-order valence-electron chi connectivity index (χ3n) is 3.32. The molecule has 0 heterocycles. The maximum absolute atomic E-state index is 11.8. The highest BCUT2D eigenvalue weighted by molar-refractivity contribution is 5.92. The molecule has 0 fully saturated rings. The summed E-state index contributed by atoms with van der Waals surface area (Å²) in [5, 5.41) is 5.64. The fourth-order valence-electron chi connectivity index (χ4n) is 1.53. The van der Waals surface area contributed by atoms with Crippen LogP contribution in [0.4, 0.5) is 5.69 Å². The van der Waals surface area contributed by atoms with Gasteiger partial charge in [0, 0.05) is 24.7 Å². The molecule has 0 aliphatic heterocycles. The van der Waals surface area contributed by atoms with Crippen LogP contribution in [0.2, 0.25) is 0 Å². The minimum absolute atomic E-state index is 0.0313. The number of benzene rings is 1. The summed E-state index contributed by atoms with van der Waals surface area (Å²) in [6.45, 7) is 9.72. The van der Waals surface area contributed by atoms with Gasteiger partial charge >= 0.3 is 0 Å². The summed E-state index contributed by atoms with van der Waals surface area (Å²) in [6, 6.07) is 7.40. The Bertz CT molecular complexity index is 525. The topological polar surface area (TPSA) is 58.2 Å². The monoisotopic (exact) mass is 288 g/mol. The first-order chi connectivity index (χ1) is 9.68. The third kappa shape index (κ3) is 6.25. The molecule has 0 aliphatic carbocycles. The first-order valence-electron chi connectivity index (χ1n) is 7.04. The van der Waals surface area contributed by atoms with E-state index in [1.165, 1.54) is 13.0 Å². The highest BCUT2D eigenvalue weighted by Crippen LogP contribution is 2.18. The second-order valence-corrected chi connectivity index (χ2v) is 6.23. The number of nitrogens with one attached hydrogen (secondary N) is 2. The molecule has 2 amide bonds. The lowest BCUT2D eigenvalue weighted by Gasteiger charge is -2.27. The fourth-order valence-corrected chi connectivity index (χ4v) is 1.53. The number of anilines is 1. The van der Waals surface area contributed by atoms with Gasteiger partial charge in [-0.2, -0.15) is 0 Å². The van der Waals surface area contributed by atoms with Crippen molar-refractivity contribution in [2.45, 2.75) is 40.7 Å². The lowest BCUT2D eigenvalue weighted by molar-refractivity contribution is -0.117. The number of amides is 2. The standard InChI is InChI=1S/C17H24N2O2/c1-12(17(3,4)5)18-16(21)11-8-14-6-9-15(10-7-14)19-13(2)20/h6-12H,1-5H3,(H,18,21)(H,19,20)/b11-8+/t12-/m0/s1. The maximum Gasteiger partial charge on any atom is 0.244 e. The van der Waals surface area contributed by atoms with Crippen LogP contribution in [0.15, 0.2) is 30.3 Å². The summed E-state index contributed by atoms with van der Waals surface area (Å²) in [5.74, 6) is -0.211. The molecule has 0 saturated heterocycles. The Morgan fingerprint density at radius 1 is 1.14 bits per heavy atom. The van der Waals surface area contributed by atoms with Gasteiger partial charge in [-0.25, -0.2) is 0 Å². The molecule has 1 aromatic carbocycles. The smallest absolute Gasteiger partial charge is 0.244 e. The second kappa shape index (κ2) is 7.07. The van der Waals surface area contributed by atoms with Gasteiger partial charge in [0.1, 0.15) is 0 Å². The molecule has 4 nitrogen and oxygen atoms in total. The van der Waals surface area contributed by atoms with Crippen LogP contribution < -0.4 is 10.6 Å². The molecular formula is C17H24N2O2. The molecule has 0 aromatic heterocycles. The van der Waals surface area contributed by atoms with Gasteiger partial charge < -0.3 is 10.6 Å². The van der Waals surface area contributed by atoms with Crippen molar-refractivity contribution >= 4 is 23.6 Å². The van der Waals surface area contributed by atoms with E-state index in [-0.39, 0.29) is 23.3 Å². The highest BCUT2D eigenvalue weighted by atomic mass is 16.2. The van der Waals surface area contributed by atoms with Gasteiger partial charge in [-0.15, -0.1) is 0 Å². The quantitative estimate of drug-likeness (QED) is 0.836. The van der Waals surface area contributed by atoms with Gasteiger partial charge in [0.25, 0.3) is 0 Å². The number of carbonyl (C=O) groups excluding carboxylic acids is 2. The molecule has 114 valence electrons. The van der Waals surface area contributed by atoms with Crippen molar-refractivity contribution in [3.63, 3.8) is 0 Å². The summed E-state index contributed by atoms with van der Waals surface area (Å²) >= 11 is 0. The van der Waals surface area contributed by atoms with E-state index in [2.05, 4.69) is 31.4 Å². The SMILES string of the molecule is CC(=O)Nc1ccc(/C=C/C(=O)N[C@@H](C)C(C)(C)C)cc1. The van der Waals surface area contributed by atoms with E-state index in [1.807, 2.05) is 19.1 Å². The molecule has 0 bridgehead atoms. The molecule has 1 rings (SSSR count). The fraction of sp³-hybridized carbons (Fsp3) is 0.412. The molecule has 2 N–H and O–H groups in total. The number of rotatable bonds is 4. The van der Waals surface area contributed by atoms with Crippen LogP contribution in [-0.2, 0) is 9.59 Å². The molecule has 0 aliphatic rings. The first-order valence-corrected chi connectivity index (χ1v) is 7.04. The van der Waals surface area contributed by atoms with Crippen LogP contribution in [0.1, 0.15) is 40.2 Å². The van der Waals surface area contributed by atoms with Crippen molar-refractivity contribution in [2.75, 3.05) is 5.32 Å². The lowest BCUT2D eigenvalue weighted by atomic mass is 9.88. The summed E-state index contributed by atoms with van der Waals surface area (Å²) in [7, 11) is 0. The summed E-state index contributed by atoms with van der Waals surface area (Å²) in [6.07, 6.45) is 3.28. The molecule has 0 spiro atoms. The van der Waals surface area contributed by atoms with Gasteiger partial charge in [0.15, 0.2) is 0 Å². The van der Waals surface area contributed by atoms with Crippen LogP contribution >= 0.6 is 0 Å². The average Bonchev–Trinajstić information content (AvgIpc) is 2.36. The molecule has 0 unspecified atom stereocenters. The largest absolute Gasteiger partial charge is 0.350 e. The molecule has 1 aromatic rings. The number of hydrogen-bond donors (Lipinski definition) is 2. The van der Waals surface area contributed by atoms with Crippen molar-refractivity contribution < 1.29 is 9.59 Å². The number of hydrogen-bond acceptors (Lipinski definition) is 2. The molecule has 21 heavy (non-hydrogen) atoms. The van der Waals surface area contributed by atoms with Crippen molar-refractivity contribution in [3.8, 4) is 0 Å². The molecule has 4 heteroatoms. The Labute approximate surface area is 126 Å². The van der Waals surface area contributed by atoms with Gasteiger partial charge in [-0.1, -0.05) is 32.9 Å². The van der Waals surface area contributed by atoms with Gasteiger partial charge in [-0.3, -0.25) is 9.59 Å². The van der Waals surface area contributed by atoms with E-state index in [0.29, 0.717) is 0 Å². The van der Waals surface area contributed by atoms with Crippen LogP contribution in [0.3, 0.4) is 0 Å². The molecular weight excluding hydrogens is 264 g/mol. The van der Waals surface area contributed by atoms with Crippen molar-refractivity contribution in [1.82, 2.24) is 5.32 Å². The maximum atomic E-state index is 11.8. The zero-order valence-corrected chi connectivity index (χ0v) is 13.4. The zero-order chi connectivity index (χ0) is 16.0. The summed E-state index contributed by atoms with van der Waals surface area (Å²) in [5.41, 5.74) is 1.68. The molecule has 1 atom stereocenters. The van der Waals surface area contributed by atoms with Crippen molar-refractivity contribution in [2.24, 2.45) is 5.41 Å². The van der Waals surface area contributed by atoms with Gasteiger partial charge in [-0.05, 0) is 36.1 Å². The van der Waals surface area contributed by atoms with E-state index >= 15 is 0 Å². The summed E-state index contributed by atoms with van der Waals surface area (Å²) < 4.78 is 0. The van der Waals surface area contributed by atoms with E-state index in [1.54, 1.807) is 18.2 Å². The van der Waals surface area contributed by atoms with E-state index < -0.39 is 0 Å². The van der Waals surface area contributed by atoms with Crippen molar-refractivity contribution in [1.29, 1.82) is 0 Å². The normalized spacial score (nSPS) is 13.0. The Morgan fingerprint density at radius 3 is 2.19 bits per heavy atom. The Kier molecular flexibility index (Phi) is 5.70. The lowest BCUT2D eigenvalue weighted by Crippen LogP contribution is -2.40. The molecule has 0 saturated carbocycles. The van der Waals surface area contributed by atoms with Gasteiger partial charge in [0.2, 0.25) is 11.8 Å². The Hall–Kier alpha value is -2.10. The van der Waals surface area contributed by atoms with Crippen LogP contribution in [0, 0.1) is 5.41 Å².